The fraction of sp³-hybridized carbons (Fsp3) is 0.360. The van der Waals surface area contributed by atoms with Gasteiger partial charge in [-0.2, -0.15) is 0 Å². The predicted molar refractivity (Wildman–Crippen MR) is 120 cm³/mol. The molecule has 2 aromatic carbocycles. The summed E-state index contributed by atoms with van der Waals surface area (Å²) in [5.74, 6) is 0.787. The summed E-state index contributed by atoms with van der Waals surface area (Å²) in [6.45, 7) is 4.99. The highest BCUT2D eigenvalue weighted by molar-refractivity contribution is 5.86. The Hall–Kier alpha value is -2.92. The zero-order valence-corrected chi connectivity index (χ0v) is 17.3. The molecule has 3 aromatic rings. The Labute approximate surface area is 177 Å². The van der Waals surface area contributed by atoms with Crippen LogP contribution in [0.25, 0.3) is 10.8 Å². The summed E-state index contributed by atoms with van der Waals surface area (Å²) >= 11 is 0. The van der Waals surface area contributed by atoms with Crippen LogP contribution in [0.15, 0.2) is 60.8 Å². The second kappa shape index (κ2) is 7.40. The largest absolute Gasteiger partial charge is 0.384 e. The summed E-state index contributed by atoms with van der Waals surface area (Å²) < 4.78 is 0. The average Bonchev–Trinajstić information content (AvgIpc) is 2.69. The summed E-state index contributed by atoms with van der Waals surface area (Å²) in [6.07, 6.45) is 3.67. The van der Waals surface area contributed by atoms with E-state index in [-0.39, 0.29) is 11.8 Å². The number of benzene rings is 2. The maximum atomic E-state index is 12.5. The maximum Gasteiger partial charge on any atom is 0.223 e. The Kier molecular flexibility index (Phi) is 4.70. The third-order valence-corrected chi connectivity index (χ3v) is 6.94. The first-order valence-electron chi connectivity index (χ1n) is 10.7. The lowest BCUT2D eigenvalue weighted by atomic mass is 9.57. The van der Waals surface area contributed by atoms with Crippen molar-refractivity contribution in [1.82, 2.24) is 15.2 Å². The minimum absolute atomic E-state index is 0.138. The highest BCUT2D eigenvalue weighted by Gasteiger charge is 2.55. The third kappa shape index (κ3) is 3.43. The second-order valence-corrected chi connectivity index (χ2v) is 9.06. The zero-order chi connectivity index (χ0) is 20.7. The second-order valence-electron chi connectivity index (χ2n) is 9.06. The highest BCUT2D eigenvalue weighted by Crippen LogP contribution is 2.54. The first-order valence-corrected chi connectivity index (χ1v) is 10.7. The van der Waals surface area contributed by atoms with Crippen LogP contribution in [0.4, 0.5) is 5.82 Å². The van der Waals surface area contributed by atoms with Gasteiger partial charge in [-0.25, -0.2) is 4.98 Å². The van der Waals surface area contributed by atoms with Gasteiger partial charge < -0.3 is 11.1 Å². The van der Waals surface area contributed by atoms with E-state index in [9.17, 15) is 4.79 Å². The number of fused-ring (bicyclic) bond motifs is 1. The molecule has 0 bridgehead atoms. The molecule has 3 N–H and O–H groups in total. The topological polar surface area (TPSA) is 71.2 Å². The summed E-state index contributed by atoms with van der Waals surface area (Å²) in [5.41, 5.74) is 8.43. The molecule has 2 heterocycles. The number of anilines is 1. The van der Waals surface area contributed by atoms with Gasteiger partial charge in [0.2, 0.25) is 5.91 Å². The molecule has 0 radical (unpaired) electrons. The number of hydrogen-bond acceptors (Lipinski definition) is 4. The van der Waals surface area contributed by atoms with E-state index in [0.29, 0.717) is 23.8 Å². The number of nitrogens with one attached hydrogen (secondary N) is 1. The van der Waals surface area contributed by atoms with Crippen LogP contribution in [0.3, 0.4) is 0 Å². The van der Waals surface area contributed by atoms with Crippen molar-refractivity contribution in [3.63, 3.8) is 0 Å². The van der Waals surface area contributed by atoms with Crippen LogP contribution in [-0.4, -0.2) is 28.9 Å². The number of likely N-dealkylation sites (tertiary alicyclic amines) is 1. The van der Waals surface area contributed by atoms with Gasteiger partial charge in [0.05, 0.1) is 0 Å². The van der Waals surface area contributed by atoms with Crippen molar-refractivity contribution < 1.29 is 4.79 Å². The van der Waals surface area contributed by atoms with Gasteiger partial charge in [0.25, 0.3) is 0 Å². The molecule has 1 aliphatic heterocycles. The number of amides is 1. The first kappa shape index (κ1) is 19.1. The Morgan fingerprint density at radius 1 is 1.20 bits per heavy atom. The van der Waals surface area contributed by atoms with Crippen LogP contribution in [-0.2, 0) is 11.3 Å². The summed E-state index contributed by atoms with van der Waals surface area (Å²) in [6, 6.07) is 19.3. The molecular formula is C25H28N4O. The average molecular weight is 401 g/mol. The molecule has 1 spiro atoms. The molecule has 0 unspecified atom stereocenters. The summed E-state index contributed by atoms with van der Waals surface area (Å²) in [5, 5.41) is 5.70. The molecule has 5 nitrogen and oxygen atoms in total. The quantitative estimate of drug-likeness (QED) is 0.681. The number of rotatable bonds is 5. The molecule has 1 atom stereocenters. The highest BCUT2D eigenvalue weighted by atomic mass is 16.1. The standard InChI is InChI=1S/C25H28N4O/c1-17(21-8-4-6-19-5-2-3-7-22(19)21)29-15-25(16-29)12-20(13-25)24(30)28-14-18-9-10-27-23(26)11-18/h2-11,17,20H,12-16H2,1H3,(H2,26,27)(H,28,30)/t17-/m1/s1. The van der Waals surface area contributed by atoms with Gasteiger partial charge in [-0.15, -0.1) is 0 Å². The first-order chi connectivity index (χ1) is 14.5. The van der Waals surface area contributed by atoms with Gasteiger partial charge in [-0.05, 0) is 59.2 Å². The fourth-order valence-corrected chi connectivity index (χ4v) is 5.27. The molecule has 154 valence electrons. The van der Waals surface area contributed by atoms with E-state index in [1.54, 1.807) is 12.3 Å². The van der Waals surface area contributed by atoms with E-state index in [4.69, 9.17) is 5.73 Å². The molecule has 1 saturated heterocycles. The SMILES string of the molecule is C[C@H](c1cccc2ccccc12)N1CC2(CC(C(=O)NCc3ccnc(N)c3)C2)C1. The van der Waals surface area contributed by atoms with Gasteiger partial charge >= 0.3 is 0 Å². The monoisotopic (exact) mass is 400 g/mol. The van der Waals surface area contributed by atoms with Gasteiger partial charge in [0.1, 0.15) is 5.82 Å². The van der Waals surface area contributed by atoms with E-state index in [0.717, 1.165) is 31.5 Å². The third-order valence-electron chi connectivity index (χ3n) is 6.94. The maximum absolute atomic E-state index is 12.5. The van der Waals surface area contributed by atoms with Crippen molar-refractivity contribution in [3.8, 4) is 0 Å². The number of pyridine rings is 1. The number of nitrogen functional groups attached to an aromatic ring is 1. The van der Waals surface area contributed by atoms with Gasteiger partial charge in [0, 0.05) is 37.8 Å². The van der Waals surface area contributed by atoms with Gasteiger partial charge in [-0.3, -0.25) is 9.69 Å². The van der Waals surface area contributed by atoms with Crippen molar-refractivity contribution in [2.24, 2.45) is 11.3 Å². The van der Waals surface area contributed by atoms with Crippen LogP contribution in [0, 0.1) is 11.3 Å². The van der Waals surface area contributed by atoms with E-state index >= 15 is 0 Å². The number of carbonyl (C=O) groups is 1. The fourth-order valence-electron chi connectivity index (χ4n) is 5.27. The molecule has 2 fully saturated rings. The number of aromatic nitrogens is 1. The molecular weight excluding hydrogens is 372 g/mol. The Morgan fingerprint density at radius 3 is 2.77 bits per heavy atom. The Morgan fingerprint density at radius 2 is 1.97 bits per heavy atom. The van der Waals surface area contributed by atoms with E-state index in [1.165, 1.54) is 16.3 Å². The van der Waals surface area contributed by atoms with Crippen molar-refractivity contribution >= 4 is 22.5 Å². The van der Waals surface area contributed by atoms with Gasteiger partial charge in [0.15, 0.2) is 0 Å². The summed E-state index contributed by atoms with van der Waals surface area (Å²) in [4.78, 5) is 19.1. The molecule has 1 saturated carbocycles. The van der Waals surface area contributed by atoms with Crippen molar-refractivity contribution in [1.29, 1.82) is 0 Å². The minimum Gasteiger partial charge on any atom is -0.384 e. The summed E-state index contributed by atoms with van der Waals surface area (Å²) in [7, 11) is 0. The van der Waals surface area contributed by atoms with Crippen LogP contribution < -0.4 is 11.1 Å². The molecule has 5 heteroatoms. The number of nitrogens with zero attached hydrogens (tertiary/aromatic N) is 2. The molecule has 30 heavy (non-hydrogen) atoms. The van der Waals surface area contributed by atoms with E-state index in [1.807, 2.05) is 6.07 Å². The normalized spacial score (nSPS) is 19.2. The zero-order valence-electron chi connectivity index (χ0n) is 17.3. The predicted octanol–water partition coefficient (Wildman–Crippen LogP) is 3.91. The Bertz CT molecular complexity index is 1080. The van der Waals surface area contributed by atoms with Crippen LogP contribution in [0.1, 0.15) is 36.9 Å². The Balaban J connectivity index is 1.14. The van der Waals surface area contributed by atoms with Crippen molar-refractivity contribution in [2.45, 2.75) is 32.4 Å². The number of carbonyl (C=O) groups excluding carboxylic acids is 1. The minimum atomic E-state index is 0.138. The number of nitrogens with two attached hydrogens (primary N) is 1. The lowest BCUT2D eigenvalue weighted by Crippen LogP contribution is -2.64. The molecule has 1 amide bonds. The van der Waals surface area contributed by atoms with E-state index in [2.05, 4.69) is 64.6 Å². The molecule has 1 aromatic heterocycles. The van der Waals surface area contributed by atoms with Crippen molar-refractivity contribution in [2.75, 3.05) is 18.8 Å². The van der Waals surface area contributed by atoms with Gasteiger partial charge in [-0.1, -0.05) is 42.5 Å². The number of hydrogen-bond donors (Lipinski definition) is 2. The lowest BCUT2D eigenvalue weighted by Gasteiger charge is -2.60. The smallest absolute Gasteiger partial charge is 0.223 e. The molecule has 1 aliphatic carbocycles. The lowest BCUT2D eigenvalue weighted by molar-refractivity contribution is -0.148. The molecule has 5 rings (SSSR count). The van der Waals surface area contributed by atoms with Crippen LogP contribution in [0.2, 0.25) is 0 Å². The molecule has 2 aliphatic rings. The van der Waals surface area contributed by atoms with Crippen molar-refractivity contribution in [3.05, 3.63) is 71.9 Å². The van der Waals surface area contributed by atoms with Crippen LogP contribution in [0.5, 0.6) is 0 Å². The van der Waals surface area contributed by atoms with Crippen LogP contribution >= 0.6 is 0 Å². The van der Waals surface area contributed by atoms with E-state index < -0.39 is 0 Å².